The smallest absolute Gasteiger partial charge is 0.129 e. The van der Waals surface area contributed by atoms with Crippen molar-refractivity contribution in [1.29, 1.82) is 0 Å². The molecule has 0 aromatic rings. The third-order valence-electron chi connectivity index (χ3n) is 2.81. The van der Waals surface area contributed by atoms with Gasteiger partial charge in [-0.1, -0.05) is 25.9 Å². The Kier molecular flexibility index (Phi) is 6.42. The SMILES string of the molecule is CC/C(=N\OCCN1CCOCC1)C(C)C. The second kappa shape index (κ2) is 7.63. The average Bonchev–Trinajstić information content (AvgIpc) is 2.30. The lowest BCUT2D eigenvalue weighted by molar-refractivity contribution is 0.0210. The Bertz CT molecular complexity index is 211. The van der Waals surface area contributed by atoms with Crippen LogP contribution in [0.15, 0.2) is 5.16 Å². The number of ether oxygens (including phenoxy) is 1. The van der Waals surface area contributed by atoms with Crippen molar-refractivity contribution in [3.63, 3.8) is 0 Å². The summed E-state index contributed by atoms with van der Waals surface area (Å²) in [7, 11) is 0. The summed E-state index contributed by atoms with van der Waals surface area (Å²) in [5, 5.41) is 4.18. The van der Waals surface area contributed by atoms with Crippen molar-refractivity contribution < 1.29 is 9.57 Å². The maximum atomic E-state index is 5.36. The first-order valence-corrected chi connectivity index (χ1v) is 6.22. The summed E-state index contributed by atoms with van der Waals surface area (Å²) < 4.78 is 5.28. The van der Waals surface area contributed by atoms with Crippen LogP contribution in [0.4, 0.5) is 0 Å². The minimum atomic E-state index is 0.480. The Hall–Kier alpha value is -0.610. The minimum Gasteiger partial charge on any atom is -0.394 e. The van der Waals surface area contributed by atoms with Crippen molar-refractivity contribution in [2.24, 2.45) is 11.1 Å². The number of morpholine rings is 1. The lowest BCUT2D eigenvalue weighted by Gasteiger charge is -2.25. The van der Waals surface area contributed by atoms with Gasteiger partial charge in [0, 0.05) is 19.6 Å². The second-order valence-corrected chi connectivity index (χ2v) is 4.38. The molecule has 1 rings (SSSR count). The maximum absolute atomic E-state index is 5.36. The van der Waals surface area contributed by atoms with Crippen LogP contribution in [-0.2, 0) is 9.57 Å². The summed E-state index contributed by atoms with van der Waals surface area (Å²) in [6.07, 6.45) is 0.967. The van der Waals surface area contributed by atoms with E-state index in [2.05, 4.69) is 30.8 Å². The highest BCUT2D eigenvalue weighted by Crippen LogP contribution is 2.02. The number of rotatable bonds is 6. The molecule has 4 heteroatoms. The number of nitrogens with zero attached hydrogens (tertiary/aromatic N) is 2. The van der Waals surface area contributed by atoms with Crippen molar-refractivity contribution >= 4 is 5.71 Å². The molecule has 0 radical (unpaired) electrons. The summed E-state index contributed by atoms with van der Waals surface area (Å²) in [6.45, 7) is 11.7. The number of hydrogen-bond donors (Lipinski definition) is 0. The Morgan fingerprint density at radius 3 is 2.62 bits per heavy atom. The fourth-order valence-electron chi connectivity index (χ4n) is 1.70. The van der Waals surface area contributed by atoms with E-state index in [4.69, 9.17) is 9.57 Å². The standard InChI is InChI=1S/C12H24N2O2/c1-4-12(11(2)3)13-16-10-7-14-5-8-15-9-6-14/h11H,4-10H2,1-3H3/b13-12+. The molecule has 16 heavy (non-hydrogen) atoms. The molecule has 0 amide bonds. The molecule has 4 nitrogen and oxygen atoms in total. The highest BCUT2D eigenvalue weighted by Gasteiger charge is 2.09. The van der Waals surface area contributed by atoms with Crippen molar-refractivity contribution in [1.82, 2.24) is 4.90 Å². The van der Waals surface area contributed by atoms with E-state index < -0.39 is 0 Å². The Balaban J connectivity index is 2.14. The molecule has 0 spiro atoms. The van der Waals surface area contributed by atoms with E-state index in [9.17, 15) is 0 Å². The van der Waals surface area contributed by atoms with Crippen LogP contribution in [0.25, 0.3) is 0 Å². The van der Waals surface area contributed by atoms with Crippen LogP contribution in [0.3, 0.4) is 0 Å². The van der Waals surface area contributed by atoms with E-state index in [1.165, 1.54) is 0 Å². The van der Waals surface area contributed by atoms with Crippen LogP contribution in [-0.4, -0.2) is 50.1 Å². The van der Waals surface area contributed by atoms with Crippen LogP contribution in [0.2, 0.25) is 0 Å². The Morgan fingerprint density at radius 1 is 1.38 bits per heavy atom. The van der Waals surface area contributed by atoms with E-state index in [0.717, 1.165) is 45.0 Å². The van der Waals surface area contributed by atoms with E-state index >= 15 is 0 Å². The number of oxime groups is 1. The third kappa shape index (κ3) is 4.94. The molecule has 0 aromatic carbocycles. The molecule has 0 N–H and O–H groups in total. The van der Waals surface area contributed by atoms with Gasteiger partial charge in [-0.2, -0.15) is 0 Å². The van der Waals surface area contributed by atoms with E-state index in [-0.39, 0.29) is 0 Å². The van der Waals surface area contributed by atoms with Gasteiger partial charge < -0.3 is 9.57 Å². The molecule has 1 fully saturated rings. The zero-order valence-corrected chi connectivity index (χ0v) is 10.7. The molecule has 1 saturated heterocycles. The molecular weight excluding hydrogens is 204 g/mol. The molecule has 94 valence electrons. The van der Waals surface area contributed by atoms with Gasteiger partial charge >= 0.3 is 0 Å². The summed E-state index contributed by atoms with van der Waals surface area (Å²) in [6, 6.07) is 0. The van der Waals surface area contributed by atoms with Gasteiger partial charge in [-0.05, 0) is 12.3 Å². The lowest BCUT2D eigenvalue weighted by atomic mass is 10.1. The predicted molar refractivity (Wildman–Crippen MR) is 65.8 cm³/mol. The molecule has 0 atom stereocenters. The van der Waals surface area contributed by atoms with Gasteiger partial charge in [-0.15, -0.1) is 0 Å². The van der Waals surface area contributed by atoms with Gasteiger partial charge in [0.1, 0.15) is 6.61 Å². The second-order valence-electron chi connectivity index (χ2n) is 4.38. The summed E-state index contributed by atoms with van der Waals surface area (Å²) in [5.74, 6) is 0.480. The molecule has 1 aliphatic heterocycles. The normalized spacial score (nSPS) is 19.1. The van der Waals surface area contributed by atoms with E-state index in [1.807, 2.05) is 0 Å². The summed E-state index contributed by atoms with van der Waals surface area (Å²) >= 11 is 0. The summed E-state index contributed by atoms with van der Waals surface area (Å²) in [4.78, 5) is 7.70. The molecule has 0 aliphatic carbocycles. The van der Waals surface area contributed by atoms with Gasteiger partial charge in [-0.25, -0.2) is 0 Å². The summed E-state index contributed by atoms with van der Waals surface area (Å²) in [5.41, 5.74) is 1.14. The third-order valence-corrected chi connectivity index (χ3v) is 2.81. The largest absolute Gasteiger partial charge is 0.394 e. The van der Waals surface area contributed by atoms with Crippen LogP contribution >= 0.6 is 0 Å². The quantitative estimate of drug-likeness (QED) is 0.394. The molecule has 0 bridgehead atoms. The van der Waals surface area contributed by atoms with Crippen molar-refractivity contribution in [2.45, 2.75) is 27.2 Å². The first-order chi connectivity index (χ1) is 7.74. The van der Waals surface area contributed by atoms with Crippen molar-refractivity contribution in [2.75, 3.05) is 39.5 Å². The average molecular weight is 228 g/mol. The molecule has 1 heterocycles. The van der Waals surface area contributed by atoms with Crippen LogP contribution in [0.5, 0.6) is 0 Å². The van der Waals surface area contributed by atoms with Crippen LogP contribution in [0, 0.1) is 5.92 Å². The minimum absolute atomic E-state index is 0.480. The molecule has 1 aliphatic rings. The highest BCUT2D eigenvalue weighted by molar-refractivity contribution is 5.85. The maximum Gasteiger partial charge on any atom is 0.129 e. The van der Waals surface area contributed by atoms with Gasteiger partial charge in [0.15, 0.2) is 0 Å². The highest BCUT2D eigenvalue weighted by atomic mass is 16.6. The van der Waals surface area contributed by atoms with Gasteiger partial charge in [-0.3, -0.25) is 4.90 Å². The van der Waals surface area contributed by atoms with Crippen LogP contribution < -0.4 is 0 Å². The Morgan fingerprint density at radius 2 is 2.06 bits per heavy atom. The monoisotopic (exact) mass is 228 g/mol. The fourth-order valence-corrected chi connectivity index (χ4v) is 1.70. The first kappa shape index (κ1) is 13.5. The fraction of sp³-hybridized carbons (Fsp3) is 0.917. The predicted octanol–water partition coefficient (Wildman–Crippen LogP) is 1.76. The van der Waals surface area contributed by atoms with E-state index in [1.54, 1.807) is 0 Å². The first-order valence-electron chi connectivity index (χ1n) is 6.22. The van der Waals surface area contributed by atoms with Crippen molar-refractivity contribution in [3.8, 4) is 0 Å². The Labute approximate surface area is 98.6 Å². The van der Waals surface area contributed by atoms with Crippen LogP contribution in [0.1, 0.15) is 27.2 Å². The molecule has 0 aromatic heterocycles. The number of hydrogen-bond acceptors (Lipinski definition) is 4. The zero-order chi connectivity index (χ0) is 11.8. The zero-order valence-electron chi connectivity index (χ0n) is 10.7. The van der Waals surface area contributed by atoms with Crippen molar-refractivity contribution in [3.05, 3.63) is 0 Å². The van der Waals surface area contributed by atoms with Gasteiger partial charge in [0.2, 0.25) is 0 Å². The van der Waals surface area contributed by atoms with Gasteiger partial charge in [0.05, 0.1) is 18.9 Å². The topological polar surface area (TPSA) is 34.1 Å². The molecule has 0 unspecified atom stereocenters. The molecule has 0 saturated carbocycles. The molecular formula is C12H24N2O2. The van der Waals surface area contributed by atoms with Gasteiger partial charge in [0.25, 0.3) is 0 Å². The van der Waals surface area contributed by atoms with E-state index in [0.29, 0.717) is 12.5 Å². The lowest BCUT2D eigenvalue weighted by Crippen LogP contribution is -2.38.